The van der Waals surface area contributed by atoms with E-state index >= 15 is 0 Å². The molecule has 5 heteroatoms. The van der Waals surface area contributed by atoms with E-state index in [1.807, 2.05) is 26.0 Å². The van der Waals surface area contributed by atoms with E-state index in [1.165, 1.54) is 4.88 Å². The molecule has 0 aliphatic heterocycles. The second-order valence-corrected chi connectivity index (χ2v) is 7.22. The number of aromatic nitrogens is 1. The van der Waals surface area contributed by atoms with Gasteiger partial charge in [0, 0.05) is 25.2 Å². The molecule has 0 bridgehead atoms. The molecule has 0 aliphatic carbocycles. The van der Waals surface area contributed by atoms with Gasteiger partial charge in [-0.1, -0.05) is 15.9 Å². The van der Waals surface area contributed by atoms with Gasteiger partial charge in [-0.25, -0.2) is 9.78 Å². The van der Waals surface area contributed by atoms with Gasteiger partial charge in [0.2, 0.25) is 0 Å². The first-order valence-corrected chi connectivity index (χ1v) is 7.97. The van der Waals surface area contributed by atoms with Gasteiger partial charge < -0.3 is 5.11 Å². The van der Waals surface area contributed by atoms with Crippen LogP contribution < -0.4 is 0 Å². The van der Waals surface area contributed by atoms with Crippen LogP contribution in [-0.4, -0.2) is 16.1 Å². The van der Waals surface area contributed by atoms with Crippen LogP contribution >= 0.6 is 27.3 Å². The Labute approximate surface area is 134 Å². The summed E-state index contributed by atoms with van der Waals surface area (Å²) in [6, 6.07) is 9.21. The van der Waals surface area contributed by atoms with E-state index in [9.17, 15) is 9.90 Å². The van der Waals surface area contributed by atoms with E-state index in [1.54, 1.807) is 23.5 Å². The number of benzene rings is 1. The number of halogens is 1. The molecule has 2 heterocycles. The largest absolute Gasteiger partial charge is 0.478 e. The summed E-state index contributed by atoms with van der Waals surface area (Å²) in [4.78, 5) is 18.5. The first-order chi connectivity index (χ1) is 9.95. The van der Waals surface area contributed by atoms with Crippen molar-refractivity contribution in [3.05, 3.63) is 50.1 Å². The molecule has 0 saturated carbocycles. The maximum Gasteiger partial charge on any atom is 0.336 e. The minimum atomic E-state index is -0.939. The van der Waals surface area contributed by atoms with E-state index in [-0.39, 0.29) is 5.56 Å². The Bertz CT molecular complexity index is 870. The number of thiophene rings is 1. The van der Waals surface area contributed by atoms with E-state index in [2.05, 4.69) is 27.0 Å². The number of hydrogen-bond donors (Lipinski definition) is 1. The van der Waals surface area contributed by atoms with E-state index < -0.39 is 5.97 Å². The molecule has 3 aromatic rings. The lowest BCUT2D eigenvalue weighted by Crippen LogP contribution is -2.00. The molecule has 1 aromatic carbocycles. The van der Waals surface area contributed by atoms with Gasteiger partial charge in [0.25, 0.3) is 0 Å². The van der Waals surface area contributed by atoms with Crippen molar-refractivity contribution in [3.63, 3.8) is 0 Å². The average Bonchev–Trinajstić information content (AvgIpc) is 2.76. The molecule has 0 amide bonds. The zero-order chi connectivity index (χ0) is 15.1. The van der Waals surface area contributed by atoms with Crippen molar-refractivity contribution in [2.45, 2.75) is 13.8 Å². The predicted molar refractivity (Wildman–Crippen MR) is 89.2 cm³/mol. The van der Waals surface area contributed by atoms with Gasteiger partial charge in [-0.15, -0.1) is 11.3 Å². The van der Waals surface area contributed by atoms with Crippen LogP contribution in [0.2, 0.25) is 0 Å². The van der Waals surface area contributed by atoms with E-state index in [0.717, 1.165) is 14.9 Å². The Morgan fingerprint density at radius 2 is 2.00 bits per heavy atom. The molecule has 0 aliphatic rings. The Balaban J connectivity index is 2.33. The molecule has 3 nitrogen and oxygen atoms in total. The molecule has 0 unspecified atom stereocenters. The lowest BCUT2D eigenvalue weighted by molar-refractivity contribution is 0.0699. The van der Waals surface area contributed by atoms with Gasteiger partial charge in [-0.3, -0.25) is 0 Å². The van der Waals surface area contributed by atoms with Crippen molar-refractivity contribution in [1.82, 2.24) is 4.98 Å². The van der Waals surface area contributed by atoms with Crippen LogP contribution in [0.1, 0.15) is 20.1 Å². The Morgan fingerprint density at radius 3 is 2.62 bits per heavy atom. The lowest BCUT2D eigenvalue weighted by Gasteiger charge is -2.07. The lowest BCUT2D eigenvalue weighted by atomic mass is 10.0. The van der Waals surface area contributed by atoms with Crippen LogP contribution in [0.25, 0.3) is 22.2 Å². The minimum Gasteiger partial charge on any atom is -0.478 e. The van der Waals surface area contributed by atoms with E-state index in [0.29, 0.717) is 16.6 Å². The summed E-state index contributed by atoms with van der Waals surface area (Å²) < 4.78 is 0.842. The monoisotopic (exact) mass is 361 g/mol. The summed E-state index contributed by atoms with van der Waals surface area (Å²) in [5.74, 6) is -0.939. The Hall–Kier alpha value is -1.72. The van der Waals surface area contributed by atoms with Gasteiger partial charge in [-0.05, 0) is 44.2 Å². The maximum absolute atomic E-state index is 11.6. The fourth-order valence-corrected chi connectivity index (χ4v) is 3.69. The quantitative estimate of drug-likeness (QED) is 0.695. The summed E-state index contributed by atoms with van der Waals surface area (Å²) in [5, 5.41) is 10.1. The molecule has 21 heavy (non-hydrogen) atoms. The number of aryl methyl sites for hydroxylation is 2. The summed E-state index contributed by atoms with van der Waals surface area (Å²) >= 11 is 5.07. The Morgan fingerprint density at radius 1 is 1.24 bits per heavy atom. The topological polar surface area (TPSA) is 50.2 Å². The van der Waals surface area contributed by atoms with Crippen LogP contribution in [0.4, 0.5) is 0 Å². The van der Waals surface area contributed by atoms with Crippen molar-refractivity contribution >= 4 is 44.1 Å². The van der Waals surface area contributed by atoms with Crippen LogP contribution in [0.3, 0.4) is 0 Å². The van der Waals surface area contributed by atoms with Gasteiger partial charge in [0.1, 0.15) is 0 Å². The highest BCUT2D eigenvalue weighted by molar-refractivity contribution is 9.10. The number of fused-ring (bicyclic) bond motifs is 1. The molecule has 0 saturated heterocycles. The zero-order valence-electron chi connectivity index (χ0n) is 11.5. The van der Waals surface area contributed by atoms with Gasteiger partial charge in [-0.2, -0.15) is 0 Å². The molecule has 106 valence electrons. The predicted octanol–water partition coefficient (Wildman–Crippen LogP) is 5.04. The van der Waals surface area contributed by atoms with Gasteiger partial charge >= 0.3 is 5.97 Å². The highest BCUT2D eigenvalue weighted by atomic mass is 79.9. The molecule has 0 fully saturated rings. The van der Waals surface area contributed by atoms with Crippen molar-refractivity contribution in [3.8, 4) is 11.3 Å². The van der Waals surface area contributed by atoms with Crippen LogP contribution in [0.15, 0.2) is 34.8 Å². The number of carbonyl (C=O) groups is 1. The molecular formula is C16H12BrNO2S. The van der Waals surface area contributed by atoms with Crippen LogP contribution in [0.5, 0.6) is 0 Å². The third-order valence-corrected chi connectivity index (χ3v) is 4.78. The number of aromatic carboxylic acids is 1. The first kappa shape index (κ1) is 14.2. The molecule has 1 N–H and O–H groups in total. The van der Waals surface area contributed by atoms with Crippen molar-refractivity contribution < 1.29 is 9.90 Å². The van der Waals surface area contributed by atoms with Gasteiger partial charge in [0.05, 0.1) is 16.8 Å². The Kier molecular flexibility index (Phi) is 3.55. The summed E-state index contributed by atoms with van der Waals surface area (Å²) in [7, 11) is 0. The van der Waals surface area contributed by atoms with E-state index in [4.69, 9.17) is 0 Å². The second-order valence-electron chi connectivity index (χ2n) is 4.85. The number of carboxylic acid groups (broad SMARTS) is 1. The average molecular weight is 362 g/mol. The number of rotatable bonds is 2. The van der Waals surface area contributed by atoms with Crippen molar-refractivity contribution in [2.24, 2.45) is 0 Å². The third kappa shape index (κ3) is 2.59. The normalized spacial score (nSPS) is 11.0. The zero-order valence-corrected chi connectivity index (χ0v) is 13.9. The fourth-order valence-electron chi connectivity index (χ4n) is 2.40. The highest BCUT2D eigenvalue weighted by Gasteiger charge is 2.15. The van der Waals surface area contributed by atoms with Crippen LogP contribution in [-0.2, 0) is 0 Å². The molecule has 2 aromatic heterocycles. The first-order valence-electron chi connectivity index (χ1n) is 6.36. The number of pyridine rings is 1. The molecule has 0 radical (unpaired) electrons. The van der Waals surface area contributed by atoms with Gasteiger partial charge in [0.15, 0.2) is 0 Å². The SMILES string of the molecule is Cc1cc(-c2cc(C(=O)O)c3cc(Br)ccc3n2)c(C)s1. The third-order valence-electron chi connectivity index (χ3n) is 3.32. The number of hydrogen-bond acceptors (Lipinski definition) is 3. The molecule has 3 rings (SSSR count). The molecule has 0 spiro atoms. The minimum absolute atomic E-state index is 0.277. The molecular weight excluding hydrogens is 350 g/mol. The fraction of sp³-hybridized carbons (Fsp3) is 0.125. The summed E-state index contributed by atoms with van der Waals surface area (Å²) in [6.07, 6.45) is 0. The van der Waals surface area contributed by atoms with Crippen molar-refractivity contribution in [2.75, 3.05) is 0 Å². The number of carboxylic acids is 1. The number of nitrogens with zero attached hydrogens (tertiary/aromatic N) is 1. The molecule has 0 atom stereocenters. The van der Waals surface area contributed by atoms with Crippen LogP contribution in [0, 0.1) is 13.8 Å². The highest BCUT2D eigenvalue weighted by Crippen LogP contribution is 2.32. The smallest absolute Gasteiger partial charge is 0.336 e. The standard InChI is InChI=1S/C16H12BrNO2S/c1-8-5-11(9(2)21-8)15-7-13(16(19)20)12-6-10(17)3-4-14(12)18-15/h3-7H,1-2H3,(H,19,20). The summed E-state index contributed by atoms with van der Waals surface area (Å²) in [6.45, 7) is 4.07. The van der Waals surface area contributed by atoms with Crippen molar-refractivity contribution in [1.29, 1.82) is 0 Å². The summed E-state index contributed by atoms with van der Waals surface area (Å²) in [5.41, 5.74) is 2.68. The maximum atomic E-state index is 11.6. The second kappa shape index (κ2) is 5.24.